The molecule has 1 aliphatic heterocycles. The fourth-order valence-corrected chi connectivity index (χ4v) is 3.98. The first-order valence-corrected chi connectivity index (χ1v) is 10.0. The molecule has 158 valence electrons. The van der Waals surface area contributed by atoms with Gasteiger partial charge < -0.3 is 29.4 Å². The number of thiazole rings is 1. The van der Waals surface area contributed by atoms with Crippen LogP contribution in [0, 0.1) is 5.82 Å². The molecular formula is C19H20FN5O4S. The highest BCUT2D eigenvalue weighted by molar-refractivity contribution is 7.13. The number of rotatable bonds is 6. The van der Waals surface area contributed by atoms with Crippen molar-refractivity contribution in [1.82, 2.24) is 19.9 Å². The maximum Gasteiger partial charge on any atom is 0.406 e. The fraction of sp³-hybridized carbons (Fsp3) is 0.316. The van der Waals surface area contributed by atoms with Gasteiger partial charge >= 0.3 is 6.09 Å². The van der Waals surface area contributed by atoms with Crippen molar-refractivity contribution in [2.24, 2.45) is 0 Å². The summed E-state index contributed by atoms with van der Waals surface area (Å²) in [5.41, 5.74) is 1.68. The Morgan fingerprint density at radius 3 is 3.10 bits per heavy atom. The third-order valence-electron chi connectivity index (χ3n) is 4.61. The topological polar surface area (TPSA) is 102 Å². The summed E-state index contributed by atoms with van der Waals surface area (Å²) < 4.78 is 26.6. The van der Waals surface area contributed by atoms with E-state index in [-0.39, 0.29) is 13.1 Å². The van der Waals surface area contributed by atoms with Gasteiger partial charge in [-0.15, -0.1) is 11.3 Å². The van der Waals surface area contributed by atoms with Crippen LogP contribution in [0.1, 0.15) is 5.69 Å². The molecule has 2 N–H and O–H groups in total. The van der Waals surface area contributed by atoms with E-state index in [0.29, 0.717) is 22.8 Å². The van der Waals surface area contributed by atoms with Crippen LogP contribution < -0.4 is 10.2 Å². The molecule has 1 unspecified atom stereocenters. The molecule has 9 nitrogen and oxygen atoms in total. The summed E-state index contributed by atoms with van der Waals surface area (Å²) in [7, 11) is 1.26. The Morgan fingerprint density at radius 1 is 1.50 bits per heavy atom. The van der Waals surface area contributed by atoms with Gasteiger partial charge in [-0.05, 0) is 18.2 Å². The lowest BCUT2D eigenvalue weighted by atomic mass is 10.2. The lowest BCUT2D eigenvalue weighted by Crippen LogP contribution is -2.34. The van der Waals surface area contributed by atoms with Crippen LogP contribution in [0.15, 0.2) is 42.3 Å². The van der Waals surface area contributed by atoms with Crippen molar-refractivity contribution in [3.8, 4) is 10.6 Å². The van der Waals surface area contributed by atoms with Crippen LogP contribution >= 0.6 is 11.3 Å². The maximum atomic E-state index is 14.8. The summed E-state index contributed by atoms with van der Waals surface area (Å²) in [6.07, 6.45) is 2.96. The van der Waals surface area contributed by atoms with Crippen LogP contribution in [-0.2, 0) is 16.0 Å². The number of imidazole rings is 1. The van der Waals surface area contributed by atoms with Crippen LogP contribution in [0.5, 0.6) is 0 Å². The zero-order chi connectivity index (χ0) is 21.1. The van der Waals surface area contributed by atoms with Crippen molar-refractivity contribution in [1.29, 1.82) is 0 Å². The molecule has 3 aromatic rings. The first kappa shape index (κ1) is 20.3. The Hall–Kier alpha value is -3.02. The van der Waals surface area contributed by atoms with E-state index >= 15 is 0 Å². The van der Waals surface area contributed by atoms with E-state index in [1.807, 2.05) is 16.1 Å². The highest BCUT2D eigenvalue weighted by atomic mass is 32.1. The second-order valence-corrected chi connectivity index (χ2v) is 7.51. The molecular weight excluding hydrogens is 413 g/mol. The molecule has 1 fully saturated rings. The monoisotopic (exact) mass is 433 g/mol. The molecule has 1 amide bonds. The number of ether oxygens (including phenoxy) is 2. The number of nitrogens with zero attached hydrogens (tertiary/aromatic N) is 4. The number of anilines is 1. The van der Waals surface area contributed by atoms with Gasteiger partial charge in [0.25, 0.3) is 0 Å². The summed E-state index contributed by atoms with van der Waals surface area (Å²) >= 11 is 1.36. The van der Waals surface area contributed by atoms with E-state index in [0.717, 1.165) is 5.69 Å². The SMILES string of the molecule is COC(=O)NC[C@H]1CN(c2ccc(-c3nc(Cn4ccnc4)cs3)c(F)c2)C(O)O1. The first-order valence-electron chi connectivity index (χ1n) is 9.15. The van der Waals surface area contributed by atoms with Crippen molar-refractivity contribution in [2.45, 2.75) is 19.1 Å². The first-order chi connectivity index (χ1) is 14.5. The van der Waals surface area contributed by atoms with Crippen molar-refractivity contribution in [3.63, 3.8) is 0 Å². The number of carbonyl (C=O) groups is 1. The van der Waals surface area contributed by atoms with E-state index in [2.05, 4.69) is 20.0 Å². The average molecular weight is 433 g/mol. The van der Waals surface area contributed by atoms with Gasteiger partial charge in [0.2, 0.25) is 6.41 Å². The minimum Gasteiger partial charge on any atom is -0.453 e. The minimum absolute atomic E-state index is 0.166. The number of halogens is 1. The van der Waals surface area contributed by atoms with Gasteiger partial charge in [0.1, 0.15) is 10.8 Å². The van der Waals surface area contributed by atoms with Crippen LogP contribution in [-0.4, -0.2) is 58.5 Å². The summed E-state index contributed by atoms with van der Waals surface area (Å²) in [5, 5.41) is 15.1. The molecule has 0 aliphatic carbocycles. The van der Waals surface area contributed by atoms with E-state index in [9.17, 15) is 14.3 Å². The Labute approximate surface area is 175 Å². The van der Waals surface area contributed by atoms with Crippen LogP contribution in [0.2, 0.25) is 0 Å². The number of hydrogen-bond acceptors (Lipinski definition) is 8. The summed E-state index contributed by atoms with van der Waals surface area (Å²) in [5.74, 6) is -0.445. The Bertz CT molecular complexity index is 1010. The van der Waals surface area contributed by atoms with Gasteiger partial charge in [0, 0.05) is 35.6 Å². The molecule has 2 aromatic heterocycles. The highest BCUT2D eigenvalue weighted by Gasteiger charge is 2.32. The number of amides is 1. The number of methoxy groups -OCH3 is 1. The van der Waals surface area contributed by atoms with Crippen molar-refractivity contribution >= 4 is 23.1 Å². The molecule has 4 rings (SSSR count). The maximum absolute atomic E-state index is 14.8. The zero-order valence-corrected chi connectivity index (χ0v) is 16.9. The van der Waals surface area contributed by atoms with Crippen LogP contribution in [0.3, 0.4) is 0 Å². The number of carbonyl (C=O) groups excluding carboxylic acids is 1. The predicted octanol–water partition coefficient (Wildman–Crippen LogP) is 2.03. The molecule has 2 atom stereocenters. The molecule has 3 heterocycles. The standard InChI is InChI=1S/C19H20FN5O4S/c1-28-18(26)22-7-14-9-25(19(27)29-14)13-2-3-15(16(20)6-13)17-23-12(10-30-17)8-24-5-4-21-11-24/h2-6,10-11,14,19,27H,7-9H2,1H3,(H,22,26)/t14-,19?/m0/s1. The molecule has 0 radical (unpaired) electrons. The number of alkyl carbamates (subject to hydrolysis) is 1. The molecule has 1 aliphatic rings. The van der Waals surface area contributed by atoms with Gasteiger partial charge in [0.05, 0.1) is 38.3 Å². The number of aliphatic hydroxyl groups excluding tert-OH is 1. The van der Waals surface area contributed by atoms with Crippen LogP contribution in [0.4, 0.5) is 14.9 Å². The second kappa shape index (κ2) is 8.78. The largest absolute Gasteiger partial charge is 0.453 e. The van der Waals surface area contributed by atoms with Gasteiger partial charge in [0.15, 0.2) is 0 Å². The Balaban J connectivity index is 1.44. The van der Waals surface area contributed by atoms with E-state index in [4.69, 9.17) is 4.74 Å². The Morgan fingerprint density at radius 2 is 2.37 bits per heavy atom. The molecule has 1 saturated heterocycles. The number of nitrogens with one attached hydrogen (secondary N) is 1. The van der Waals surface area contributed by atoms with Gasteiger partial charge in [-0.2, -0.15) is 0 Å². The molecule has 0 bridgehead atoms. The van der Waals surface area contributed by atoms with Gasteiger partial charge in [-0.3, -0.25) is 0 Å². The Kier molecular flexibility index (Phi) is 5.93. The minimum atomic E-state index is -1.23. The predicted molar refractivity (Wildman–Crippen MR) is 107 cm³/mol. The third kappa shape index (κ3) is 4.42. The van der Waals surface area contributed by atoms with Crippen molar-refractivity contribution in [3.05, 3.63) is 53.8 Å². The van der Waals surface area contributed by atoms with Crippen LogP contribution in [0.25, 0.3) is 10.6 Å². The quantitative estimate of drug-likeness (QED) is 0.613. The molecule has 0 spiro atoms. The number of benzene rings is 1. The smallest absolute Gasteiger partial charge is 0.406 e. The van der Waals surface area contributed by atoms with Crippen molar-refractivity contribution in [2.75, 3.05) is 25.1 Å². The summed E-state index contributed by atoms with van der Waals surface area (Å²) in [6, 6.07) is 4.68. The summed E-state index contributed by atoms with van der Waals surface area (Å²) in [6.45, 7) is 1.02. The van der Waals surface area contributed by atoms with E-state index in [1.165, 1.54) is 29.4 Å². The lowest BCUT2D eigenvalue weighted by Gasteiger charge is -2.20. The highest BCUT2D eigenvalue weighted by Crippen LogP contribution is 2.31. The second-order valence-electron chi connectivity index (χ2n) is 6.65. The number of aromatic nitrogens is 3. The van der Waals surface area contributed by atoms with E-state index in [1.54, 1.807) is 24.7 Å². The molecule has 30 heavy (non-hydrogen) atoms. The molecule has 0 saturated carbocycles. The van der Waals surface area contributed by atoms with E-state index < -0.39 is 24.4 Å². The van der Waals surface area contributed by atoms with Crippen molar-refractivity contribution < 1.29 is 23.8 Å². The normalized spacial score (nSPS) is 18.6. The molecule has 1 aromatic carbocycles. The average Bonchev–Trinajstić information content (AvgIpc) is 3.48. The summed E-state index contributed by atoms with van der Waals surface area (Å²) in [4.78, 5) is 21.2. The zero-order valence-electron chi connectivity index (χ0n) is 16.1. The lowest BCUT2D eigenvalue weighted by molar-refractivity contribution is -0.0869. The number of aliphatic hydroxyl groups is 1. The molecule has 11 heteroatoms. The number of hydrogen-bond donors (Lipinski definition) is 2. The van der Waals surface area contributed by atoms with Gasteiger partial charge in [-0.25, -0.2) is 19.2 Å². The van der Waals surface area contributed by atoms with Gasteiger partial charge in [-0.1, -0.05) is 0 Å². The fourth-order valence-electron chi connectivity index (χ4n) is 3.14. The third-order valence-corrected chi connectivity index (χ3v) is 5.54.